The number of aromatic nitrogens is 1. The van der Waals surface area contributed by atoms with Gasteiger partial charge in [-0.15, -0.1) is 0 Å². The molecule has 1 aliphatic rings. The number of rotatable bonds is 10. The summed E-state index contributed by atoms with van der Waals surface area (Å²) in [6.07, 6.45) is 0. The van der Waals surface area contributed by atoms with Gasteiger partial charge < -0.3 is 9.47 Å². The Balaban J connectivity index is 0.855. The van der Waals surface area contributed by atoms with Crippen molar-refractivity contribution in [1.29, 1.82) is 0 Å². The Morgan fingerprint density at radius 3 is 1.31 bits per heavy atom. The lowest BCUT2D eigenvalue weighted by molar-refractivity contribution is 0.768. The van der Waals surface area contributed by atoms with Crippen LogP contribution in [0.3, 0.4) is 0 Å². The van der Waals surface area contributed by atoms with E-state index in [4.69, 9.17) is 0 Å². The van der Waals surface area contributed by atoms with Gasteiger partial charge in [-0.3, -0.25) is 0 Å². The van der Waals surface area contributed by atoms with Crippen molar-refractivity contribution in [2.24, 2.45) is 0 Å². The Morgan fingerprint density at radius 2 is 0.680 bits per heavy atom. The molecule has 0 N–H and O–H groups in total. The molecule has 75 heavy (non-hydrogen) atoms. The fraction of sp³-hybridized carbons (Fsp3) is 0.0137. The van der Waals surface area contributed by atoms with Crippen LogP contribution < -0.4 is 4.90 Å². The van der Waals surface area contributed by atoms with Crippen molar-refractivity contribution in [2.75, 3.05) is 4.90 Å². The maximum Gasteiger partial charge on any atom is 0.0714 e. The van der Waals surface area contributed by atoms with Gasteiger partial charge in [0.2, 0.25) is 0 Å². The van der Waals surface area contributed by atoms with Gasteiger partial charge >= 0.3 is 0 Å². The van der Waals surface area contributed by atoms with Crippen molar-refractivity contribution in [1.82, 2.24) is 4.57 Å². The molecular weight excluding hydrogens is 905 g/mol. The minimum atomic E-state index is -0.515. The number of hydrogen-bond donors (Lipinski definition) is 0. The predicted octanol–water partition coefficient (Wildman–Crippen LogP) is 19.3. The van der Waals surface area contributed by atoms with Crippen molar-refractivity contribution in [3.05, 3.63) is 326 Å². The molecule has 0 bridgehead atoms. The van der Waals surface area contributed by atoms with E-state index in [0.717, 1.165) is 33.9 Å². The zero-order valence-corrected chi connectivity index (χ0v) is 41.3. The fourth-order valence-corrected chi connectivity index (χ4v) is 12.1. The molecule has 0 fully saturated rings. The summed E-state index contributed by atoms with van der Waals surface area (Å²) in [5, 5.41) is 2.49. The third kappa shape index (κ3) is 7.41. The summed E-state index contributed by atoms with van der Waals surface area (Å²) in [6.45, 7) is 0. The first-order valence-corrected chi connectivity index (χ1v) is 25.9. The third-order valence-corrected chi connectivity index (χ3v) is 15.5. The van der Waals surface area contributed by atoms with E-state index in [2.05, 4.69) is 313 Å². The monoisotopic (exact) mass is 954 g/mol. The van der Waals surface area contributed by atoms with Gasteiger partial charge in [0.15, 0.2) is 0 Å². The molecule has 12 aromatic carbocycles. The van der Waals surface area contributed by atoms with Crippen LogP contribution in [0.5, 0.6) is 0 Å². The molecule has 352 valence electrons. The lowest BCUT2D eigenvalue weighted by Gasteiger charge is -2.35. The quantitative estimate of drug-likeness (QED) is 0.133. The smallest absolute Gasteiger partial charge is 0.0714 e. The van der Waals surface area contributed by atoms with E-state index in [1.165, 1.54) is 88.6 Å². The lowest BCUT2D eigenvalue weighted by atomic mass is 9.67. The van der Waals surface area contributed by atoms with Crippen LogP contribution in [0.4, 0.5) is 17.1 Å². The maximum absolute atomic E-state index is 2.45. The van der Waals surface area contributed by atoms with Gasteiger partial charge in [-0.25, -0.2) is 0 Å². The molecule has 0 saturated carbocycles. The van der Waals surface area contributed by atoms with Gasteiger partial charge in [0.25, 0.3) is 0 Å². The van der Waals surface area contributed by atoms with E-state index in [1.54, 1.807) is 0 Å². The molecule has 1 aromatic heterocycles. The molecule has 2 nitrogen and oxygen atoms in total. The summed E-state index contributed by atoms with van der Waals surface area (Å²) in [7, 11) is 0. The SMILES string of the molecule is c1ccc(-c2ccc(N(c3ccc(-c4ccc(-c5ccccc5-n5c6ccccc6c6ccc(-c7ccccc7)cc65)cc4)cc3)c3ccc4c(c3)C(c3ccccc3)(c3ccccc3)c3ccccc3-4)cc2)cc1. The topological polar surface area (TPSA) is 8.17 Å². The first-order valence-electron chi connectivity index (χ1n) is 25.9. The third-order valence-electron chi connectivity index (χ3n) is 15.5. The first kappa shape index (κ1) is 44.0. The molecule has 1 heterocycles. The Hall–Kier alpha value is -9.76. The molecule has 14 rings (SSSR count). The second kappa shape index (κ2) is 18.4. The van der Waals surface area contributed by atoms with E-state index < -0.39 is 5.41 Å². The van der Waals surface area contributed by atoms with E-state index in [-0.39, 0.29) is 0 Å². The first-order chi connectivity index (χ1) is 37.2. The van der Waals surface area contributed by atoms with Crippen LogP contribution in [0.15, 0.2) is 303 Å². The minimum absolute atomic E-state index is 0.515. The summed E-state index contributed by atoms with van der Waals surface area (Å²) >= 11 is 0. The number of hydrogen-bond acceptors (Lipinski definition) is 1. The van der Waals surface area contributed by atoms with Gasteiger partial charge in [-0.2, -0.15) is 0 Å². The van der Waals surface area contributed by atoms with Gasteiger partial charge in [-0.1, -0.05) is 249 Å². The van der Waals surface area contributed by atoms with Gasteiger partial charge in [-0.05, 0) is 127 Å². The number of anilines is 3. The van der Waals surface area contributed by atoms with Gasteiger partial charge in [0.1, 0.15) is 0 Å². The van der Waals surface area contributed by atoms with E-state index in [9.17, 15) is 0 Å². The van der Waals surface area contributed by atoms with Crippen molar-refractivity contribution >= 4 is 38.9 Å². The van der Waals surface area contributed by atoms with Crippen molar-refractivity contribution in [3.8, 4) is 61.3 Å². The summed E-state index contributed by atoms with van der Waals surface area (Å²) in [4.78, 5) is 2.42. The fourth-order valence-electron chi connectivity index (χ4n) is 12.1. The highest BCUT2D eigenvalue weighted by atomic mass is 15.1. The van der Waals surface area contributed by atoms with Crippen molar-refractivity contribution in [2.45, 2.75) is 5.41 Å². The molecule has 13 aromatic rings. The zero-order valence-electron chi connectivity index (χ0n) is 41.3. The average Bonchev–Trinajstić information content (AvgIpc) is 4.05. The normalized spacial score (nSPS) is 12.4. The van der Waals surface area contributed by atoms with Crippen LogP contribution in [0.1, 0.15) is 22.3 Å². The summed E-state index contributed by atoms with van der Waals surface area (Å²) in [6, 6.07) is 111. The summed E-state index contributed by atoms with van der Waals surface area (Å²) in [5.41, 5.74) is 23.4. The second-order valence-electron chi connectivity index (χ2n) is 19.6. The van der Waals surface area contributed by atoms with Crippen LogP contribution in [-0.4, -0.2) is 4.57 Å². The molecule has 0 atom stereocenters. The van der Waals surface area contributed by atoms with E-state index in [1.807, 2.05) is 0 Å². The lowest BCUT2D eigenvalue weighted by Crippen LogP contribution is -2.28. The van der Waals surface area contributed by atoms with Gasteiger partial charge in [0.05, 0.1) is 22.1 Å². The van der Waals surface area contributed by atoms with Gasteiger partial charge in [0, 0.05) is 33.4 Å². The average molecular weight is 955 g/mol. The Kier molecular flexibility index (Phi) is 10.8. The molecule has 0 saturated heterocycles. The summed E-state index contributed by atoms with van der Waals surface area (Å²) < 4.78 is 2.45. The van der Waals surface area contributed by atoms with Crippen LogP contribution in [0.2, 0.25) is 0 Å². The number of nitrogens with zero attached hydrogens (tertiary/aromatic N) is 2. The Labute approximate surface area is 438 Å². The number of para-hydroxylation sites is 2. The largest absolute Gasteiger partial charge is 0.310 e. The standard InChI is InChI=1S/C73H50N2/c1-5-19-51(20-6-1)54-37-42-60(43-38-54)74(62-46-48-65-64-28-13-16-30-68(64)73(69(65)50-62,58-23-9-3-10-24-58)59-25-11-4-12-26-59)61-44-39-55(40-45-61)53-33-35-56(36-34-53)63-27-14-17-31-70(63)75-71-32-18-15-29-66(71)67-47-41-57(49-72(67)75)52-21-7-2-8-22-52/h1-50H. The second-order valence-corrected chi connectivity index (χ2v) is 19.6. The highest BCUT2D eigenvalue weighted by Gasteiger charge is 2.46. The number of fused-ring (bicyclic) bond motifs is 6. The van der Waals surface area contributed by atoms with Crippen LogP contribution in [0.25, 0.3) is 83.1 Å². The van der Waals surface area contributed by atoms with E-state index in [0.29, 0.717) is 0 Å². The molecule has 0 spiro atoms. The Bertz CT molecular complexity index is 4140. The zero-order chi connectivity index (χ0) is 49.7. The molecule has 0 amide bonds. The van der Waals surface area contributed by atoms with Crippen LogP contribution in [0, 0.1) is 0 Å². The molecule has 0 radical (unpaired) electrons. The predicted molar refractivity (Wildman–Crippen MR) is 315 cm³/mol. The Morgan fingerprint density at radius 1 is 0.253 bits per heavy atom. The maximum atomic E-state index is 2.45. The minimum Gasteiger partial charge on any atom is -0.310 e. The molecule has 0 unspecified atom stereocenters. The molecule has 2 heteroatoms. The molecular formula is C73H50N2. The highest BCUT2D eigenvalue weighted by Crippen LogP contribution is 2.57. The van der Waals surface area contributed by atoms with Crippen LogP contribution in [-0.2, 0) is 5.41 Å². The summed E-state index contributed by atoms with van der Waals surface area (Å²) in [5.74, 6) is 0. The number of benzene rings is 12. The highest BCUT2D eigenvalue weighted by molar-refractivity contribution is 6.10. The molecule has 1 aliphatic carbocycles. The van der Waals surface area contributed by atoms with Crippen molar-refractivity contribution < 1.29 is 0 Å². The van der Waals surface area contributed by atoms with Crippen molar-refractivity contribution in [3.63, 3.8) is 0 Å². The van der Waals surface area contributed by atoms with E-state index >= 15 is 0 Å². The van der Waals surface area contributed by atoms with Crippen LogP contribution >= 0.6 is 0 Å². The molecule has 0 aliphatic heterocycles.